The Balaban J connectivity index is 1.86. The predicted molar refractivity (Wildman–Crippen MR) is 123 cm³/mol. The fourth-order valence-electron chi connectivity index (χ4n) is 3.19. The second-order valence-corrected chi connectivity index (χ2v) is 7.43. The van der Waals surface area contributed by atoms with Gasteiger partial charge >= 0.3 is 0 Å². The van der Waals surface area contributed by atoms with Gasteiger partial charge in [0.2, 0.25) is 5.88 Å². The molecule has 0 atom stereocenters. The maximum absolute atomic E-state index is 12.9. The number of alkyl halides is 2. The highest BCUT2D eigenvalue weighted by atomic mass is 19.3. The van der Waals surface area contributed by atoms with E-state index in [0.29, 0.717) is 33.9 Å². The largest absolute Gasteiger partial charge is 0.472 e. The molecule has 174 valence electrons. The van der Waals surface area contributed by atoms with Gasteiger partial charge in [0.25, 0.3) is 6.43 Å². The van der Waals surface area contributed by atoms with Crippen LogP contribution in [0, 0.1) is 18.3 Å². The van der Waals surface area contributed by atoms with Crippen molar-refractivity contribution in [3.63, 3.8) is 0 Å². The molecule has 0 saturated carbocycles. The van der Waals surface area contributed by atoms with Crippen molar-refractivity contribution in [2.45, 2.75) is 20.3 Å². The standard InChI is InChI=1S/C24H23F2N7O/c1-14(2)19(23(32-28-4)21-7-6-16(12-29-21)24(25)26)13-34-22-9-8-20(30-31-22)18-10-17(11-27)33(5)15(18)3/h6-10,12,24H,1,13H2,2-5H3/b23-19-,32-28-. The van der Waals surface area contributed by atoms with E-state index in [-0.39, 0.29) is 18.1 Å². The first kappa shape index (κ1) is 24.4. The van der Waals surface area contributed by atoms with Gasteiger partial charge in [0.05, 0.1) is 11.4 Å². The molecule has 3 aromatic rings. The summed E-state index contributed by atoms with van der Waals surface area (Å²) in [5.41, 5.74) is 4.63. The number of aromatic nitrogens is 4. The van der Waals surface area contributed by atoms with E-state index in [1.54, 1.807) is 29.7 Å². The topological polar surface area (TPSA) is 101 Å². The summed E-state index contributed by atoms with van der Waals surface area (Å²) >= 11 is 0. The summed E-state index contributed by atoms with van der Waals surface area (Å²) in [6, 6.07) is 10.1. The van der Waals surface area contributed by atoms with Crippen LogP contribution in [-0.2, 0) is 7.05 Å². The molecule has 0 spiro atoms. The molecule has 3 aromatic heterocycles. The van der Waals surface area contributed by atoms with Gasteiger partial charge in [-0.05, 0) is 43.7 Å². The average molecular weight is 463 g/mol. The van der Waals surface area contributed by atoms with Gasteiger partial charge in [-0.1, -0.05) is 6.58 Å². The Hall–Kier alpha value is -4.26. The van der Waals surface area contributed by atoms with Gasteiger partial charge in [-0.2, -0.15) is 15.5 Å². The summed E-state index contributed by atoms with van der Waals surface area (Å²) in [4.78, 5) is 4.11. The second-order valence-electron chi connectivity index (χ2n) is 7.43. The average Bonchev–Trinajstić information content (AvgIpc) is 3.12. The molecule has 0 aliphatic carbocycles. The molecule has 0 fully saturated rings. The summed E-state index contributed by atoms with van der Waals surface area (Å²) in [6.07, 6.45) is -1.51. The molecule has 8 nitrogen and oxygen atoms in total. The van der Waals surface area contributed by atoms with Crippen molar-refractivity contribution in [1.82, 2.24) is 19.7 Å². The fraction of sp³-hybridized carbons (Fsp3) is 0.250. The van der Waals surface area contributed by atoms with Crippen LogP contribution in [0.25, 0.3) is 17.0 Å². The van der Waals surface area contributed by atoms with Crippen LogP contribution in [0.5, 0.6) is 5.88 Å². The summed E-state index contributed by atoms with van der Waals surface area (Å²) in [6.45, 7) is 7.69. The molecule has 3 rings (SSSR count). The van der Waals surface area contributed by atoms with E-state index in [0.717, 1.165) is 17.5 Å². The molecule has 0 amide bonds. The van der Waals surface area contributed by atoms with Crippen LogP contribution in [0.1, 0.15) is 36.0 Å². The molecular weight excluding hydrogens is 440 g/mol. The molecule has 0 bridgehead atoms. The highest BCUT2D eigenvalue weighted by molar-refractivity contribution is 5.69. The van der Waals surface area contributed by atoms with E-state index < -0.39 is 6.43 Å². The maximum Gasteiger partial charge on any atom is 0.265 e. The van der Waals surface area contributed by atoms with Crippen LogP contribution < -0.4 is 4.74 Å². The third kappa shape index (κ3) is 5.20. The van der Waals surface area contributed by atoms with Crippen molar-refractivity contribution < 1.29 is 13.5 Å². The third-order valence-corrected chi connectivity index (χ3v) is 5.21. The van der Waals surface area contributed by atoms with Crippen molar-refractivity contribution in [3.05, 3.63) is 76.9 Å². The molecular formula is C24H23F2N7O. The second kappa shape index (κ2) is 10.6. The number of hydrogen-bond acceptors (Lipinski definition) is 7. The van der Waals surface area contributed by atoms with Crippen molar-refractivity contribution in [2.24, 2.45) is 17.3 Å². The number of rotatable bonds is 8. The predicted octanol–water partition coefficient (Wildman–Crippen LogP) is 5.44. The Morgan fingerprint density at radius 3 is 2.53 bits per heavy atom. The van der Waals surface area contributed by atoms with E-state index in [1.165, 1.54) is 19.2 Å². The zero-order valence-electron chi connectivity index (χ0n) is 19.3. The van der Waals surface area contributed by atoms with Crippen molar-refractivity contribution in [2.75, 3.05) is 13.7 Å². The van der Waals surface area contributed by atoms with Gasteiger partial charge in [-0.25, -0.2) is 8.78 Å². The van der Waals surface area contributed by atoms with Gasteiger partial charge in [0.15, 0.2) is 0 Å². The lowest BCUT2D eigenvalue weighted by Gasteiger charge is -2.13. The number of hydrogen-bond donors (Lipinski definition) is 0. The summed E-state index contributed by atoms with van der Waals surface area (Å²) in [5.74, 6) is 0.269. The lowest BCUT2D eigenvalue weighted by molar-refractivity contribution is 0.151. The fourth-order valence-corrected chi connectivity index (χ4v) is 3.19. The highest BCUT2D eigenvalue weighted by Crippen LogP contribution is 2.27. The number of halogens is 2. The van der Waals surface area contributed by atoms with Crippen LogP contribution in [0.15, 0.2) is 64.5 Å². The third-order valence-electron chi connectivity index (χ3n) is 5.21. The van der Waals surface area contributed by atoms with Crippen LogP contribution >= 0.6 is 0 Å². The minimum Gasteiger partial charge on any atom is -0.472 e. The van der Waals surface area contributed by atoms with Crippen LogP contribution in [0.2, 0.25) is 0 Å². The molecule has 0 N–H and O–H groups in total. The molecule has 3 heterocycles. The zero-order valence-corrected chi connectivity index (χ0v) is 19.3. The van der Waals surface area contributed by atoms with Crippen molar-refractivity contribution in [1.29, 1.82) is 5.26 Å². The number of nitriles is 1. The number of nitrogens with zero attached hydrogens (tertiary/aromatic N) is 7. The Labute approximate surface area is 196 Å². The molecule has 0 aliphatic heterocycles. The monoisotopic (exact) mass is 463 g/mol. The minimum absolute atomic E-state index is 0.0406. The van der Waals surface area contributed by atoms with Gasteiger partial charge in [-0.3, -0.25) is 4.98 Å². The van der Waals surface area contributed by atoms with E-state index in [9.17, 15) is 14.0 Å². The molecule has 34 heavy (non-hydrogen) atoms. The summed E-state index contributed by atoms with van der Waals surface area (Å²) in [7, 11) is 3.31. The number of ether oxygens (including phenoxy) is 1. The summed E-state index contributed by atoms with van der Waals surface area (Å²) < 4.78 is 33.4. The van der Waals surface area contributed by atoms with Gasteiger partial charge in [0.1, 0.15) is 24.1 Å². The smallest absolute Gasteiger partial charge is 0.265 e. The Morgan fingerprint density at radius 2 is 2.03 bits per heavy atom. The van der Waals surface area contributed by atoms with Gasteiger partial charge < -0.3 is 9.30 Å². The minimum atomic E-state index is -2.61. The normalized spacial score (nSPS) is 12.1. The Morgan fingerprint density at radius 1 is 1.26 bits per heavy atom. The maximum atomic E-state index is 12.9. The molecule has 0 aromatic carbocycles. The first-order valence-electron chi connectivity index (χ1n) is 10.2. The number of pyridine rings is 1. The molecule has 0 radical (unpaired) electrons. The van der Waals surface area contributed by atoms with Crippen molar-refractivity contribution >= 4 is 5.70 Å². The van der Waals surface area contributed by atoms with Crippen LogP contribution in [-0.4, -0.2) is 33.4 Å². The van der Waals surface area contributed by atoms with E-state index in [2.05, 4.69) is 38.1 Å². The lowest BCUT2D eigenvalue weighted by Crippen LogP contribution is -2.07. The Kier molecular flexibility index (Phi) is 7.58. The van der Waals surface area contributed by atoms with E-state index >= 15 is 0 Å². The molecule has 10 heteroatoms. The van der Waals surface area contributed by atoms with Crippen molar-refractivity contribution in [3.8, 4) is 23.2 Å². The highest BCUT2D eigenvalue weighted by Gasteiger charge is 2.16. The molecule has 0 aliphatic rings. The Bertz CT molecular complexity index is 1280. The molecule has 0 saturated heterocycles. The zero-order chi connectivity index (χ0) is 24.8. The first-order valence-corrected chi connectivity index (χ1v) is 10.2. The lowest BCUT2D eigenvalue weighted by atomic mass is 10.1. The molecule has 0 unspecified atom stereocenters. The number of azo groups is 1. The summed E-state index contributed by atoms with van der Waals surface area (Å²) in [5, 5.41) is 25.5. The SMILES string of the molecule is C=C(C)/C(COc1ccc(-c2cc(C#N)n(C)c2C)nn1)=C(\N=N/C)c1ccc(C(F)F)cn1. The first-order chi connectivity index (χ1) is 16.3. The van der Waals surface area contributed by atoms with Gasteiger partial charge in [0, 0.05) is 48.8 Å². The van der Waals surface area contributed by atoms with Gasteiger partial charge in [-0.15, -0.1) is 10.2 Å². The quantitative estimate of drug-likeness (QED) is 0.327. The van der Waals surface area contributed by atoms with E-state index in [4.69, 9.17) is 4.74 Å². The van der Waals surface area contributed by atoms with Crippen LogP contribution in [0.3, 0.4) is 0 Å². The van der Waals surface area contributed by atoms with Crippen LogP contribution in [0.4, 0.5) is 8.78 Å². The van der Waals surface area contributed by atoms with E-state index in [1.807, 2.05) is 14.0 Å².